The van der Waals surface area contributed by atoms with Crippen molar-refractivity contribution in [3.8, 4) is 0 Å². The van der Waals surface area contributed by atoms with Crippen molar-refractivity contribution in [2.75, 3.05) is 18.4 Å². The summed E-state index contributed by atoms with van der Waals surface area (Å²) in [5, 5.41) is 3.98. The third-order valence-corrected chi connectivity index (χ3v) is 6.00. The standard InChI is InChI=1S/C19H23FN2OS/c1-13-14(2)24-19(17(13)12-22-10-4-3-5-11-22)21-18(23)15-6-8-16(20)9-7-15/h6-9H,3-5,10-12H2,1-2H3,(H,21,23)/p+1. The van der Waals surface area contributed by atoms with Gasteiger partial charge in [-0.2, -0.15) is 0 Å². The molecule has 0 atom stereocenters. The number of benzene rings is 1. The number of quaternary nitrogens is 1. The summed E-state index contributed by atoms with van der Waals surface area (Å²) in [4.78, 5) is 15.3. The lowest BCUT2D eigenvalue weighted by molar-refractivity contribution is -0.918. The Morgan fingerprint density at radius 1 is 1.17 bits per heavy atom. The summed E-state index contributed by atoms with van der Waals surface area (Å²) in [6, 6.07) is 5.68. The van der Waals surface area contributed by atoms with Gasteiger partial charge in [-0.25, -0.2) is 4.39 Å². The molecule has 2 N–H and O–H groups in total. The summed E-state index contributed by atoms with van der Waals surface area (Å²) in [6.45, 7) is 7.62. The molecule has 0 saturated carbocycles. The molecule has 1 aliphatic rings. The molecule has 2 heterocycles. The lowest BCUT2D eigenvalue weighted by Crippen LogP contribution is -3.11. The number of hydrogen-bond acceptors (Lipinski definition) is 2. The van der Waals surface area contributed by atoms with Crippen LogP contribution in [-0.2, 0) is 6.54 Å². The lowest BCUT2D eigenvalue weighted by Gasteiger charge is -2.24. The molecule has 3 nitrogen and oxygen atoms in total. The van der Waals surface area contributed by atoms with E-state index in [9.17, 15) is 9.18 Å². The second-order valence-corrected chi connectivity index (χ2v) is 7.76. The highest BCUT2D eigenvalue weighted by Crippen LogP contribution is 2.32. The van der Waals surface area contributed by atoms with Crippen molar-refractivity contribution in [2.24, 2.45) is 0 Å². The summed E-state index contributed by atoms with van der Waals surface area (Å²) in [7, 11) is 0. The number of rotatable bonds is 4. The maximum atomic E-state index is 13.0. The van der Waals surface area contributed by atoms with Gasteiger partial charge in [0.15, 0.2) is 0 Å². The molecule has 0 radical (unpaired) electrons. The maximum absolute atomic E-state index is 13.0. The molecule has 0 unspecified atom stereocenters. The molecule has 0 bridgehead atoms. The van der Waals surface area contributed by atoms with Crippen LogP contribution in [0.15, 0.2) is 24.3 Å². The van der Waals surface area contributed by atoms with Crippen molar-refractivity contribution in [3.63, 3.8) is 0 Å². The quantitative estimate of drug-likeness (QED) is 0.874. The number of aryl methyl sites for hydroxylation is 1. The Balaban J connectivity index is 1.78. The fourth-order valence-electron chi connectivity index (χ4n) is 3.24. The van der Waals surface area contributed by atoms with Crippen molar-refractivity contribution < 1.29 is 14.1 Å². The first-order chi connectivity index (χ1) is 11.5. The van der Waals surface area contributed by atoms with Gasteiger partial charge in [-0.05, 0) is 62.9 Å². The molecule has 1 fully saturated rings. The number of piperidine rings is 1. The van der Waals surface area contributed by atoms with Gasteiger partial charge in [0.05, 0.1) is 13.1 Å². The van der Waals surface area contributed by atoms with Crippen LogP contribution in [0.2, 0.25) is 0 Å². The monoisotopic (exact) mass is 347 g/mol. The predicted molar refractivity (Wildman–Crippen MR) is 96.4 cm³/mol. The Hall–Kier alpha value is -1.72. The van der Waals surface area contributed by atoms with Gasteiger partial charge in [0.2, 0.25) is 0 Å². The summed E-state index contributed by atoms with van der Waals surface area (Å²) < 4.78 is 13.0. The number of carbonyl (C=O) groups is 1. The van der Waals surface area contributed by atoms with Gasteiger partial charge in [0.1, 0.15) is 17.4 Å². The third-order valence-electron chi connectivity index (χ3n) is 4.83. The van der Waals surface area contributed by atoms with E-state index in [1.807, 2.05) is 0 Å². The Morgan fingerprint density at radius 3 is 2.50 bits per heavy atom. The van der Waals surface area contributed by atoms with Crippen LogP contribution in [-0.4, -0.2) is 19.0 Å². The fraction of sp³-hybridized carbons (Fsp3) is 0.421. The molecule has 128 valence electrons. The molecular weight excluding hydrogens is 323 g/mol. The minimum atomic E-state index is -0.330. The number of amides is 1. The largest absolute Gasteiger partial charge is 0.331 e. The average molecular weight is 347 g/mol. The van der Waals surface area contributed by atoms with Crippen LogP contribution in [0.4, 0.5) is 9.39 Å². The smallest absolute Gasteiger partial charge is 0.256 e. The molecule has 1 aromatic heterocycles. The molecule has 1 saturated heterocycles. The maximum Gasteiger partial charge on any atom is 0.256 e. The van der Waals surface area contributed by atoms with Gasteiger partial charge < -0.3 is 10.2 Å². The van der Waals surface area contributed by atoms with Gasteiger partial charge >= 0.3 is 0 Å². The van der Waals surface area contributed by atoms with Crippen molar-refractivity contribution in [3.05, 3.63) is 51.7 Å². The van der Waals surface area contributed by atoms with E-state index in [-0.39, 0.29) is 11.7 Å². The molecule has 24 heavy (non-hydrogen) atoms. The number of likely N-dealkylation sites (tertiary alicyclic amines) is 1. The second kappa shape index (κ2) is 7.45. The normalized spacial score (nSPS) is 15.5. The molecule has 0 spiro atoms. The van der Waals surface area contributed by atoms with Crippen LogP contribution >= 0.6 is 11.3 Å². The topological polar surface area (TPSA) is 33.5 Å². The number of thiophene rings is 1. The van der Waals surface area contributed by atoms with Crippen molar-refractivity contribution in [2.45, 2.75) is 39.7 Å². The highest BCUT2D eigenvalue weighted by atomic mass is 32.1. The first-order valence-corrected chi connectivity index (χ1v) is 9.35. The van der Waals surface area contributed by atoms with E-state index in [1.54, 1.807) is 16.2 Å². The third kappa shape index (κ3) is 3.84. The SMILES string of the molecule is Cc1sc(NC(=O)c2ccc(F)cc2)c(C[NH+]2CCCCC2)c1C. The number of hydrogen-bond donors (Lipinski definition) is 2. The van der Waals surface area contributed by atoms with Crippen LogP contribution in [0, 0.1) is 19.7 Å². The van der Waals surface area contributed by atoms with E-state index in [4.69, 9.17) is 0 Å². The molecule has 3 rings (SSSR count). The van der Waals surface area contributed by atoms with Crippen LogP contribution in [0.25, 0.3) is 0 Å². The molecule has 1 aliphatic heterocycles. The van der Waals surface area contributed by atoms with Crippen LogP contribution in [0.3, 0.4) is 0 Å². The molecule has 1 aromatic carbocycles. The van der Waals surface area contributed by atoms with Gasteiger partial charge in [-0.15, -0.1) is 11.3 Å². The van der Waals surface area contributed by atoms with E-state index in [1.165, 1.54) is 72.6 Å². The number of anilines is 1. The van der Waals surface area contributed by atoms with Gasteiger partial charge in [-0.1, -0.05) is 0 Å². The zero-order chi connectivity index (χ0) is 17.1. The molecule has 0 aliphatic carbocycles. The summed E-state index contributed by atoms with van der Waals surface area (Å²) in [6.07, 6.45) is 3.91. The Morgan fingerprint density at radius 2 is 1.83 bits per heavy atom. The van der Waals surface area contributed by atoms with E-state index in [2.05, 4.69) is 19.2 Å². The molecule has 1 amide bonds. The van der Waals surface area contributed by atoms with Crippen molar-refractivity contribution in [1.82, 2.24) is 0 Å². The lowest BCUT2D eigenvalue weighted by atomic mass is 10.1. The molecular formula is C19H24FN2OS+. The molecule has 5 heteroatoms. The predicted octanol–water partition coefficient (Wildman–Crippen LogP) is 3.33. The van der Waals surface area contributed by atoms with E-state index in [0.717, 1.165) is 11.5 Å². The Kier molecular flexibility index (Phi) is 5.31. The highest BCUT2D eigenvalue weighted by Gasteiger charge is 2.21. The molecule has 2 aromatic rings. The first-order valence-electron chi connectivity index (χ1n) is 8.54. The van der Waals surface area contributed by atoms with Crippen molar-refractivity contribution >= 4 is 22.2 Å². The van der Waals surface area contributed by atoms with E-state index in [0.29, 0.717) is 5.56 Å². The number of halogens is 1. The Labute approximate surface area is 146 Å². The van der Waals surface area contributed by atoms with E-state index < -0.39 is 0 Å². The van der Waals surface area contributed by atoms with Crippen LogP contribution in [0.5, 0.6) is 0 Å². The minimum Gasteiger partial charge on any atom is -0.331 e. The van der Waals surface area contributed by atoms with Crippen molar-refractivity contribution in [1.29, 1.82) is 0 Å². The summed E-state index contributed by atoms with van der Waals surface area (Å²) in [5.41, 5.74) is 3.02. The van der Waals surface area contributed by atoms with Gasteiger partial charge in [0.25, 0.3) is 5.91 Å². The minimum absolute atomic E-state index is 0.175. The summed E-state index contributed by atoms with van der Waals surface area (Å²) >= 11 is 1.64. The number of carbonyl (C=O) groups excluding carboxylic acids is 1. The van der Waals surface area contributed by atoms with Crippen LogP contribution < -0.4 is 10.2 Å². The fourth-order valence-corrected chi connectivity index (χ4v) is 4.32. The van der Waals surface area contributed by atoms with E-state index >= 15 is 0 Å². The average Bonchev–Trinajstić information content (AvgIpc) is 2.84. The zero-order valence-corrected chi connectivity index (χ0v) is 15.1. The Bertz CT molecular complexity index is 718. The summed E-state index contributed by atoms with van der Waals surface area (Å²) in [5.74, 6) is -0.505. The number of nitrogens with one attached hydrogen (secondary N) is 2. The first kappa shape index (κ1) is 17.1. The zero-order valence-electron chi connectivity index (χ0n) is 14.2. The highest BCUT2D eigenvalue weighted by molar-refractivity contribution is 7.16. The van der Waals surface area contributed by atoms with Gasteiger partial charge in [0, 0.05) is 16.0 Å². The van der Waals surface area contributed by atoms with Crippen LogP contribution in [0.1, 0.15) is 45.6 Å². The van der Waals surface area contributed by atoms with Gasteiger partial charge in [-0.3, -0.25) is 4.79 Å². The second-order valence-electron chi connectivity index (χ2n) is 6.54.